The number of aliphatic imine (C=N–C) groups is 1. The van der Waals surface area contributed by atoms with E-state index >= 15 is 0 Å². The summed E-state index contributed by atoms with van der Waals surface area (Å²) in [5, 5.41) is 3.16. The molecule has 2 aromatic rings. The van der Waals surface area contributed by atoms with Gasteiger partial charge in [-0.25, -0.2) is 0 Å². The van der Waals surface area contributed by atoms with Crippen LogP contribution in [0.1, 0.15) is 25.0 Å². The Morgan fingerprint density at radius 2 is 2.00 bits per heavy atom. The Hall–Kier alpha value is -2.49. The standard InChI is InChI=1S/C18H20N2O2/c1-13(2)22-18-9-15(8-17-16(18)10-19-12-20-17)21-11-14-6-4-3-5-7-14/h3-9,12-13H,10-11H2,1-2H3,(H,19,20). The van der Waals surface area contributed by atoms with Crippen molar-refractivity contribution in [3.05, 3.63) is 53.6 Å². The van der Waals surface area contributed by atoms with Crippen molar-refractivity contribution in [2.24, 2.45) is 4.99 Å². The van der Waals surface area contributed by atoms with E-state index in [0.29, 0.717) is 13.2 Å². The summed E-state index contributed by atoms with van der Waals surface area (Å²) in [7, 11) is 0. The SMILES string of the molecule is CC(C)Oc1cc(OCc2ccccc2)cc2c1CN=CN2. The number of hydrogen-bond donors (Lipinski definition) is 1. The van der Waals surface area contributed by atoms with Crippen LogP contribution >= 0.6 is 0 Å². The predicted octanol–water partition coefficient (Wildman–Crippen LogP) is 4.01. The summed E-state index contributed by atoms with van der Waals surface area (Å²) >= 11 is 0. The summed E-state index contributed by atoms with van der Waals surface area (Å²) in [5.74, 6) is 1.63. The second kappa shape index (κ2) is 6.52. The molecule has 0 saturated carbocycles. The summed E-state index contributed by atoms with van der Waals surface area (Å²) in [5.41, 5.74) is 3.21. The average molecular weight is 296 g/mol. The van der Waals surface area contributed by atoms with Gasteiger partial charge in [-0.15, -0.1) is 0 Å². The summed E-state index contributed by atoms with van der Waals surface area (Å²) in [6, 6.07) is 14.1. The second-order valence-electron chi connectivity index (χ2n) is 5.50. The van der Waals surface area contributed by atoms with Crippen molar-refractivity contribution in [1.29, 1.82) is 0 Å². The minimum atomic E-state index is 0.111. The fraction of sp³-hybridized carbons (Fsp3) is 0.278. The fourth-order valence-corrected chi connectivity index (χ4v) is 2.35. The first-order chi connectivity index (χ1) is 10.7. The molecule has 0 aliphatic carbocycles. The van der Waals surface area contributed by atoms with E-state index < -0.39 is 0 Å². The van der Waals surface area contributed by atoms with Gasteiger partial charge in [-0.05, 0) is 19.4 Å². The molecule has 0 saturated heterocycles. The molecule has 0 atom stereocenters. The molecule has 0 radical (unpaired) electrons. The molecule has 1 aliphatic rings. The van der Waals surface area contributed by atoms with E-state index in [2.05, 4.69) is 22.4 Å². The number of ether oxygens (including phenoxy) is 2. The Labute approximate surface area is 130 Å². The zero-order valence-electron chi connectivity index (χ0n) is 12.9. The molecule has 1 heterocycles. The summed E-state index contributed by atoms with van der Waals surface area (Å²) in [6.45, 7) is 5.20. The highest BCUT2D eigenvalue weighted by Gasteiger charge is 2.15. The highest BCUT2D eigenvalue weighted by Crippen LogP contribution is 2.35. The normalized spacial score (nSPS) is 12.7. The highest BCUT2D eigenvalue weighted by atomic mass is 16.5. The molecule has 3 rings (SSSR count). The lowest BCUT2D eigenvalue weighted by molar-refractivity contribution is 0.237. The van der Waals surface area contributed by atoms with Gasteiger partial charge in [0.1, 0.15) is 18.1 Å². The molecular formula is C18H20N2O2. The van der Waals surface area contributed by atoms with Crippen LogP contribution in [-0.4, -0.2) is 12.4 Å². The summed E-state index contributed by atoms with van der Waals surface area (Å²) in [4.78, 5) is 4.25. The largest absolute Gasteiger partial charge is 0.490 e. The van der Waals surface area contributed by atoms with Gasteiger partial charge in [0.2, 0.25) is 0 Å². The molecule has 4 nitrogen and oxygen atoms in total. The molecule has 0 unspecified atom stereocenters. The third-order valence-electron chi connectivity index (χ3n) is 3.35. The third-order valence-corrected chi connectivity index (χ3v) is 3.35. The third kappa shape index (κ3) is 3.39. The minimum Gasteiger partial charge on any atom is -0.490 e. The van der Waals surface area contributed by atoms with Crippen LogP contribution in [-0.2, 0) is 13.2 Å². The topological polar surface area (TPSA) is 42.9 Å². The minimum absolute atomic E-state index is 0.111. The lowest BCUT2D eigenvalue weighted by Crippen LogP contribution is -2.12. The van der Waals surface area contributed by atoms with Crippen molar-refractivity contribution in [3.63, 3.8) is 0 Å². The van der Waals surface area contributed by atoms with Crippen LogP contribution in [0.3, 0.4) is 0 Å². The van der Waals surface area contributed by atoms with Crippen molar-refractivity contribution < 1.29 is 9.47 Å². The van der Waals surface area contributed by atoms with Gasteiger partial charge >= 0.3 is 0 Å². The molecule has 22 heavy (non-hydrogen) atoms. The first-order valence-corrected chi connectivity index (χ1v) is 7.47. The smallest absolute Gasteiger partial charge is 0.130 e. The van der Waals surface area contributed by atoms with Crippen molar-refractivity contribution in [3.8, 4) is 11.5 Å². The number of nitrogens with one attached hydrogen (secondary N) is 1. The predicted molar refractivity (Wildman–Crippen MR) is 88.8 cm³/mol. The van der Waals surface area contributed by atoms with Gasteiger partial charge in [0.25, 0.3) is 0 Å². The lowest BCUT2D eigenvalue weighted by Gasteiger charge is -2.20. The maximum absolute atomic E-state index is 5.92. The van der Waals surface area contributed by atoms with Gasteiger partial charge in [-0.1, -0.05) is 30.3 Å². The molecule has 0 aromatic heterocycles. The number of anilines is 1. The van der Waals surface area contributed by atoms with Gasteiger partial charge in [0.15, 0.2) is 0 Å². The maximum Gasteiger partial charge on any atom is 0.130 e. The summed E-state index contributed by atoms with van der Waals surface area (Å²) < 4.78 is 11.8. The van der Waals surface area contributed by atoms with Crippen molar-refractivity contribution in [2.45, 2.75) is 33.1 Å². The van der Waals surface area contributed by atoms with Gasteiger partial charge in [-0.3, -0.25) is 4.99 Å². The van der Waals surface area contributed by atoms with Gasteiger partial charge in [-0.2, -0.15) is 0 Å². The molecule has 0 bridgehead atoms. The Bertz CT molecular complexity index is 666. The Morgan fingerprint density at radius 1 is 1.18 bits per heavy atom. The Kier molecular flexibility index (Phi) is 4.28. The van der Waals surface area contributed by atoms with E-state index in [1.165, 1.54) is 0 Å². The molecular weight excluding hydrogens is 276 g/mol. The van der Waals surface area contributed by atoms with E-state index in [9.17, 15) is 0 Å². The zero-order chi connectivity index (χ0) is 15.4. The quantitative estimate of drug-likeness (QED) is 0.906. The first-order valence-electron chi connectivity index (χ1n) is 7.47. The van der Waals surface area contributed by atoms with Crippen LogP contribution in [0.25, 0.3) is 0 Å². The van der Waals surface area contributed by atoms with Crippen molar-refractivity contribution in [2.75, 3.05) is 5.32 Å². The van der Waals surface area contributed by atoms with E-state index in [1.54, 1.807) is 6.34 Å². The molecule has 114 valence electrons. The monoisotopic (exact) mass is 296 g/mol. The number of benzene rings is 2. The van der Waals surface area contributed by atoms with Crippen molar-refractivity contribution >= 4 is 12.0 Å². The number of nitrogens with zero attached hydrogens (tertiary/aromatic N) is 1. The van der Waals surface area contributed by atoms with Gasteiger partial charge in [0.05, 0.1) is 24.7 Å². The molecule has 0 amide bonds. The van der Waals surface area contributed by atoms with E-state index in [4.69, 9.17) is 9.47 Å². The van der Waals surface area contributed by atoms with Gasteiger partial charge < -0.3 is 14.8 Å². The van der Waals surface area contributed by atoms with E-state index in [-0.39, 0.29) is 6.10 Å². The van der Waals surface area contributed by atoms with Gasteiger partial charge in [0, 0.05) is 17.7 Å². The number of fused-ring (bicyclic) bond motifs is 1. The van der Waals surface area contributed by atoms with Crippen LogP contribution in [0.2, 0.25) is 0 Å². The number of rotatable bonds is 5. The number of hydrogen-bond acceptors (Lipinski definition) is 4. The zero-order valence-corrected chi connectivity index (χ0v) is 12.9. The second-order valence-corrected chi connectivity index (χ2v) is 5.50. The molecule has 0 fully saturated rings. The van der Waals surface area contributed by atoms with Crippen LogP contribution in [0, 0.1) is 0 Å². The highest BCUT2D eigenvalue weighted by molar-refractivity contribution is 5.81. The average Bonchev–Trinajstić information content (AvgIpc) is 2.53. The first kappa shape index (κ1) is 14.4. The Balaban J connectivity index is 1.82. The van der Waals surface area contributed by atoms with E-state index in [0.717, 1.165) is 28.3 Å². The molecule has 4 heteroatoms. The Morgan fingerprint density at radius 3 is 2.77 bits per heavy atom. The fourth-order valence-electron chi connectivity index (χ4n) is 2.35. The molecule has 1 N–H and O–H groups in total. The van der Waals surface area contributed by atoms with Crippen LogP contribution in [0.4, 0.5) is 5.69 Å². The van der Waals surface area contributed by atoms with Crippen molar-refractivity contribution in [1.82, 2.24) is 0 Å². The van der Waals surface area contributed by atoms with Crippen LogP contribution < -0.4 is 14.8 Å². The lowest BCUT2D eigenvalue weighted by atomic mass is 10.1. The molecule has 1 aliphatic heterocycles. The van der Waals surface area contributed by atoms with E-state index in [1.807, 2.05) is 44.2 Å². The molecule has 0 spiro atoms. The van der Waals surface area contributed by atoms with Crippen LogP contribution in [0.15, 0.2) is 47.5 Å². The maximum atomic E-state index is 5.92. The summed E-state index contributed by atoms with van der Waals surface area (Å²) in [6.07, 6.45) is 1.82. The van der Waals surface area contributed by atoms with Crippen LogP contribution in [0.5, 0.6) is 11.5 Å². The molecule has 2 aromatic carbocycles.